The van der Waals surface area contributed by atoms with E-state index >= 15 is 0 Å². The third-order valence-corrected chi connectivity index (χ3v) is 3.28. The molecule has 20 heavy (non-hydrogen) atoms. The molecule has 1 fully saturated rings. The second-order valence-electron chi connectivity index (χ2n) is 4.95. The van der Waals surface area contributed by atoms with E-state index in [0.29, 0.717) is 6.54 Å². The summed E-state index contributed by atoms with van der Waals surface area (Å²) in [6.45, 7) is 3.78. The normalized spacial score (nSPS) is 19.6. The van der Waals surface area contributed by atoms with Gasteiger partial charge in [-0.2, -0.15) is 5.26 Å². The Morgan fingerprint density at radius 3 is 2.70 bits per heavy atom. The molecule has 0 spiro atoms. The topological polar surface area (TPSA) is 70.4 Å². The fraction of sp³-hybridized carbons (Fsp3) is 0.400. The highest BCUT2D eigenvalue weighted by Gasteiger charge is 2.36. The molecular weight excluding hydrogens is 256 g/mol. The number of carbonyl (C=O) groups is 2. The Hall–Kier alpha value is -2.35. The number of amides is 1. The molecule has 0 N–H and O–H groups in total. The van der Waals surface area contributed by atoms with Gasteiger partial charge in [0.25, 0.3) is 0 Å². The summed E-state index contributed by atoms with van der Waals surface area (Å²) in [5.74, 6) is -1.08. The zero-order chi connectivity index (χ0) is 14.7. The van der Waals surface area contributed by atoms with Crippen LogP contribution in [0.3, 0.4) is 0 Å². The number of rotatable bonds is 3. The minimum absolute atomic E-state index is 0.0968. The molecular formula is C15H16N2O3. The van der Waals surface area contributed by atoms with Crippen LogP contribution < -0.4 is 4.90 Å². The van der Waals surface area contributed by atoms with E-state index < -0.39 is 18.0 Å². The number of ether oxygens (including phenoxy) is 1. The molecule has 0 bridgehead atoms. The van der Waals surface area contributed by atoms with Crippen LogP contribution in [0.15, 0.2) is 24.3 Å². The fourth-order valence-electron chi connectivity index (χ4n) is 2.14. The lowest BCUT2D eigenvalue weighted by molar-refractivity contribution is -0.150. The monoisotopic (exact) mass is 272 g/mol. The van der Waals surface area contributed by atoms with E-state index in [-0.39, 0.29) is 12.3 Å². The minimum Gasteiger partial charge on any atom is -0.447 e. The first-order valence-electron chi connectivity index (χ1n) is 6.48. The molecule has 0 unspecified atom stereocenters. The number of hydrogen-bond acceptors (Lipinski definition) is 4. The summed E-state index contributed by atoms with van der Waals surface area (Å²) >= 11 is 0. The first-order chi connectivity index (χ1) is 9.51. The number of aryl methyl sites for hydroxylation is 1. The molecule has 2 atom stereocenters. The number of nitriles is 1. The molecule has 0 radical (unpaired) electrons. The second kappa shape index (κ2) is 5.74. The molecule has 0 aromatic heterocycles. The SMILES string of the molecule is Cc1ccc(N2C[C@@H](C(=O)O[C@H](C)C#N)CC2=O)cc1. The number of carbonyl (C=O) groups excluding carboxylic acids is 2. The van der Waals surface area contributed by atoms with Crippen LogP contribution >= 0.6 is 0 Å². The standard InChI is InChI=1S/C15H16N2O3/c1-10-3-5-13(6-4-10)17-9-12(7-14(17)18)15(19)20-11(2)8-16/h3-6,11-12H,7,9H2,1-2H3/t11-,12+/m1/s1. The minimum atomic E-state index is -0.786. The van der Waals surface area contributed by atoms with Crippen molar-refractivity contribution in [3.63, 3.8) is 0 Å². The maximum atomic E-state index is 12.0. The zero-order valence-corrected chi connectivity index (χ0v) is 11.5. The predicted molar refractivity (Wildman–Crippen MR) is 72.8 cm³/mol. The van der Waals surface area contributed by atoms with Crippen molar-refractivity contribution in [1.82, 2.24) is 0 Å². The third-order valence-electron chi connectivity index (χ3n) is 3.28. The van der Waals surface area contributed by atoms with Crippen LogP contribution in [0.4, 0.5) is 5.69 Å². The molecule has 1 saturated heterocycles. The summed E-state index contributed by atoms with van der Waals surface area (Å²) in [6, 6.07) is 9.40. The molecule has 1 amide bonds. The molecule has 1 aromatic carbocycles. The molecule has 5 heteroatoms. The van der Waals surface area contributed by atoms with E-state index in [2.05, 4.69) is 0 Å². The Kier molecular flexibility index (Phi) is 4.04. The summed E-state index contributed by atoms with van der Waals surface area (Å²) in [5.41, 5.74) is 1.89. The van der Waals surface area contributed by atoms with Crippen molar-refractivity contribution in [3.8, 4) is 6.07 Å². The lowest BCUT2D eigenvalue weighted by Crippen LogP contribution is -2.27. The molecule has 0 aliphatic carbocycles. The van der Waals surface area contributed by atoms with E-state index in [4.69, 9.17) is 10.00 Å². The highest BCUT2D eigenvalue weighted by atomic mass is 16.5. The fourth-order valence-corrected chi connectivity index (χ4v) is 2.14. The lowest BCUT2D eigenvalue weighted by atomic mass is 10.1. The van der Waals surface area contributed by atoms with Crippen LogP contribution in [0.25, 0.3) is 0 Å². The lowest BCUT2D eigenvalue weighted by Gasteiger charge is -2.17. The number of esters is 1. The van der Waals surface area contributed by atoms with E-state index in [9.17, 15) is 9.59 Å². The second-order valence-corrected chi connectivity index (χ2v) is 4.95. The average Bonchev–Trinajstić information content (AvgIpc) is 2.81. The Balaban J connectivity index is 2.06. The van der Waals surface area contributed by atoms with Gasteiger partial charge in [-0.15, -0.1) is 0 Å². The van der Waals surface area contributed by atoms with Crippen molar-refractivity contribution in [2.75, 3.05) is 11.4 Å². The van der Waals surface area contributed by atoms with Crippen molar-refractivity contribution < 1.29 is 14.3 Å². The van der Waals surface area contributed by atoms with Gasteiger partial charge in [0.15, 0.2) is 6.10 Å². The number of anilines is 1. The van der Waals surface area contributed by atoms with Crippen LogP contribution in [0.2, 0.25) is 0 Å². The Bertz CT molecular complexity index is 559. The molecule has 1 heterocycles. The first-order valence-corrected chi connectivity index (χ1v) is 6.48. The third kappa shape index (κ3) is 2.97. The summed E-state index contributed by atoms with van der Waals surface area (Å²) < 4.78 is 4.96. The number of nitrogens with zero attached hydrogens (tertiary/aromatic N) is 2. The van der Waals surface area contributed by atoms with Crippen molar-refractivity contribution in [2.24, 2.45) is 5.92 Å². The molecule has 5 nitrogen and oxygen atoms in total. The van der Waals surface area contributed by atoms with Crippen LogP contribution in [0.5, 0.6) is 0 Å². The highest BCUT2D eigenvalue weighted by molar-refractivity contribution is 5.99. The van der Waals surface area contributed by atoms with Gasteiger partial charge in [-0.05, 0) is 26.0 Å². The molecule has 0 saturated carbocycles. The molecule has 1 aliphatic rings. The summed E-state index contributed by atoms with van der Waals surface area (Å²) in [6.07, 6.45) is -0.656. The van der Waals surface area contributed by atoms with Gasteiger partial charge in [0.1, 0.15) is 6.07 Å². The van der Waals surface area contributed by atoms with E-state index in [1.165, 1.54) is 6.92 Å². The number of benzene rings is 1. The van der Waals surface area contributed by atoms with Crippen molar-refractivity contribution in [2.45, 2.75) is 26.4 Å². The van der Waals surface area contributed by atoms with Crippen molar-refractivity contribution in [3.05, 3.63) is 29.8 Å². The van der Waals surface area contributed by atoms with E-state index in [1.54, 1.807) is 4.90 Å². The Labute approximate surface area is 117 Å². The van der Waals surface area contributed by atoms with Crippen molar-refractivity contribution in [1.29, 1.82) is 5.26 Å². The van der Waals surface area contributed by atoms with Gasteiger partial charge in [-0.25, -0.2) is 0 Å². The summed E-state index contributed by atoms with van der Waals surface area (Å²) in [7, 11) is 0. The van der Waals surface area contributed by atoms with Gasteiger partial charge >= 0.3 is 5.97 Å². The average molecular weight is 272 g/mol. The van der Waals surface area contributed by atoms with Gasteiger partial charge in [0.05, 0.1) is 5.92 Å². The Morgan fingerprint density at radius 1 is 1.45 bits per heavy atom. The molecule has 2 rings (SSSR count). The van der Waals surface area contributed by atoms with Crippen LogP contribution in [0.1, 0.15) is 18.9 Å². The maximum absolute atomic E-state index is 12.0. The highest BCUT2D eigenvalue weighted by Crippen LogP contribution is 2.26. The van der Waals surface area contributed by atoms with Gasteiger partial charge in [-0.1, -0.05) is 17.7 Å². The van der Waals surface area contributed by atoms with Crippen LogP contribution in [0, 0.1) is 24.2 Å². The van der Waals surface area contributed by atoms with E-state index in [0.717, 1.165) is 11.3 Å². The molecule has 1 aromatic rings. The van der Waals surface area contributed by atoms with E-state index in [1.807, 2.05) is 37.3 Å². The van der Waals surface area contributed by atoms with Crippen LogP contribution in [-0.2, 0) is 14.3 Å². The smallest absolute Gasteiger partial charge is 0.312 e. The summed E-state index contributed by atoms with van der Waals surface area (Å²) in [4.78, 5) is 25.4. The Morgan fingerprint density at radius 2 is 2.10 bits per heavy atom. The van der Waals surface area contributed by atoms with Gasteiger partial charge in [-0.3, -0.25) is 9.59 Å². The summed E-state index contributed by atoms with van der Waals surface area (Å²) in [5, 5.41) is 8.63. The van der Waals surface area contributed by atoms with Crippen LogP contribution in [-0.4, -0.2) is 24.5 Å². The maximum Gasteiger partial charge on any atom is 0.312 e. The molecule has 1 aliphatic heterocycles. The zero-order valence-electron chi connectivity index (χ0n) is 11.5. The quantitative estimate of drug-likeness (QED) is 0.787. The molecule has 104 valence electrons. The predicted octanol–water partition coefficient (Wildman–Crippen LogP) is 1.80. The first kappa shape index (κ1) is 14.1. The van der Waals surface area contributed by atoms with Gasteiger partial charge < -0.3 is 9.64 Å². The van der Waals surface area contributed by atoms with Crippen molar-refractivity contribution >= 4 is 17.6 Å². The van der Waals surface area contributed by atoms with Gasteiger partial charge in [0, 0.05) is 18.7 Å². The largest absolute Gasteiger partial charge is 0.447 e. The number of hydrogen-bond donors (Lipinski definition) is 0. The van der Waals surface area contributed by atoms with Gasteiger partial charge in [0.2, 0.25) is 5.91 Å².